The Hall–Kier alpha value is -2.84. The molecule has 0 aromatic heterocycles. The number of hydrogen-bond acceptors (Lipinski definition) is 5. The second-order valence-electron chi connectivity index (χ2n) is 6.36. The summed E-state index contributed by atoms with van der Waals surface area (Å²) in [4.78, 5) is 37.9. The molecule has 0 spiro atoms. The molecular formula is C21H18ClFN2O4S. The van der Waals surface area contributed by atoms with Crippen LogP contribution in [0.15, 0.2) is 53.4 Å². The van der Waals surface area contributed by atoms with Crippen molar-refractivity contribution < 1.29 is 23.5 Å². The molecule has 2 aromatic carbocycles. The van der Waals surface area contributed by atoms with Crippen LogP contribution in [0.25, 0.3) is 6.08 Å². The highest BCUT2D eigenvalue weighted by molar-refractivity contribution is 8.18. The summed E-state index contributed by atoms with van der Waals surface area (Å²) in [5.41, 5.74) is 0.225. The Bertz CT molecular complexity index is 1010. The Kier molecular flexibility index (Phi) is 7.12. The van der Waals surface area contributed by atoms with Crippen molar-refractivity contribution in [3.63, 3.8) is 0 Å². The molecule has 0 radical (unpaired) electrons. The van der Waals surface area contributed by atoms with E-state index in [9.17, 15) is 18.8 Å². The van der Waals surface area contributed by atoms with Gasteiger partial charge in [-0.05, 0) is 49.0 Å². The van der Waals surface area contributed by atoms with Crippen LogP contribution in [0.2, 0.25) is 5.02 Å². The van der Waals surface area contributed by atoms with Gasteiger partial charge in [-0.2, -0.15) is 0 Å². The molecule has 0 bridgehead atoms. The molecule has 1 saturated heterocycles. The molecule has 2 aromatic rings. The summed E-state index contributed by atoms with van der Waals surface area (Å²) in [7, 11) is 0. The number of halogens is 2. The van der Waals surface area contributed by atoms with Crippen LogP contribution >= 0.6 is 23.4 Å². The number of ether oxygens (including phenoxy) is 1. The summed E-state index contributed by atoms with van der Waals surface area (Å²) >= 11 is 6.62. The van der Waals surface area contributed by atoms with E-state index in [2.05, 4.69) is 5.32 Å². The van der Waals surface area contributed by atoms with Crippen molar-refractivity contribution in [2.45, 2.75) is 13.0 Å². The van der Waals surface area contributed by atoms with Crippen molar-refractivity contribution in [1.29, 1.82) is 0 Å². The standard InChI is InChI=1S/C21H18ClFN2O4S/c1-13(29-16-7-4-6-15(22)12-16)19(26)24-9-10-25-20(27)18(30-21(25)28)11-14-5-2-3-8-17(14)23/h2-8,11-13H,9-10H2,1H3,(H,24,26). The summed E-state index contributed by atoms with van der Waals surface area (Å²) in [6.07, 6.45) is 0.555. The molecule has 1 heterocycles. The average Bonchev–Trinajstić information content (AvgIpc) is 2.97. The zero-order valence-corrected chi connectivity index (χ0v) is 17.5. The van der Waals surface area contributed by atoms with Gasteiger partial charge >= 0.3 is 0 Å². The molecule has 1 unspecified atom stereocenters. The van der Waals surface area contributed by atoms with Crippen LogP contribution in [0.5, 0.6) is 5.75 Å². The van der Waals surface area contributed by atoms with Crippen LogP contribution in [-0.4, -0.2) is 41.1 Å². The lowest BCUT2D eigenvalue weighted by Crippen LogP contribution is -2.41. The van der Waals surface area contributed by atoms with Gasteiger partial charge in [0.05, 0.1) is 4.91 Å². The van der Waals surface area contributed by atoms with Crippen LogP contribution in [-0.2, 0) is 9.59 Å². The largest absolute Gasteiger partial charge is 0.481 e. The fourth-order valence-electron chi connectivity index (χ4n) is 2.66. The summed E-state index contributed by atoms with van der Waals surface area (Å²) in [6.45, 7) is 1.63. The summed E-state index contributed by atoms with van der Waals surface area (Å²) in [6, 6.07) is 12.6. The van der Waals surface area contributed by atoms with Crippen molar-refractivity contribution in [2.75, 3.05) is 13.1 Å². The molecule has 1 aliphatic heterocycles. The van der Waals surface area contributed by atoms with Crippen molar-refractivity contribution >= 4 is 46.5 Å². The van der Waals surface area contributed by atoms with Crippen LogP contribution in [0.4, 0.5) is 9.18 Å². The molecule has 3 amide bonds. The van der Waals surface area contributed by atoms with Crippen molar-refractivity contribution in [3.05, 3.63) is 69.8 Å². The lowest BCUT2D eigenvalue weighted by Gasteiger charge is -2.16. The van der Waals surface area contributed by atoms with Gasteiger partial charge in [0.25, 0.3) is 17.1 Å². The zero-order valence-electron chi connectivity index (χ0n) is 15.9. The first-order chi connectivity index (χ1) is 14.3. The van der Waals surface area contributed by atoms with Crippen LogP contribution in [0.1, 0.15) is 12.5 Å². The van der Waals surface area contributed by atoms with Gasteiger partial charge in [-0.15, -0.1) is 0 Å². The third-order valence-electron chi connectivity index (χ3n) is 4.18. The second kappa shape index (κ2) is 9.77. The lowest BCUT2D eigenvalue weighted by atomic mass is 10.2. The number of rotatable bonds is 7. The van der Waals surface area contributed by atoms with E-state index in [1.807, 2.05) is 0 Å². The quantitative estimate of drug-likeness (QED) is 0.645. The maximum atomic E-state index is 13.8. The summed E-state index contributed by atoms with van der Waals surface area (Å²) < 4.78 is 19.3. The normalized spacial score (nSPS) is 16.1. The molecule has 0 aliphatic carbocycles. The van der Waals surface area contributed by atoms with E-state index in [0.717, 1.165) is 16.7 Å². The molecule has 1 atom stereocenters. The highest BCUT2D eigenvalue weighted by Crippen LogP contribution is 2.32. The lowest BCUT2D eigenvalue weighted by molar-refractivity contribution is -0.128. The van der Waals surface area contributed by atoms with Gasteiger partial charge in [0.15, 0.2) is 6.10 Å². The first-order valence-electron chi connectivity index (χ1n) is 9.05. The van der Waals surface area contributed by atoms with Gasteiger partial charge < -0.3 is 10.1 Å². The minimum absolute atomic E-state index is 0.00506. The average molecular weight is 449 g/mol. The number of carbonyl (C=O) groups is 3. The van der Waals surface area contributed by atoms with E-state index < -0.39 is 29.0 Å². The number of thioether (sulfide) groups is 1. The molecule has 6 nitrogen and oxygen atoms in total. The van der Waals surface area contributed by atoms with Gasteiger partial charge in [0.2, 0.25) is 0 Å². The molecule has 9 heteroatoms. The minimum Gasteiger partial charge on any atom is -0.481 e. The Morgan fingerprint density at radius 3 is 2.77 bits per heavy atom. The monoisotopic (exact) mass is 448 g/mol. The molecule has 1 N–H and O–H groups in total. The first kappa shape index (κ1) is 21.9. The van der Waals surface area contributed by atoms with E-state index in [4.69, 9.17) is 16.3 Å². The van der Waals surface area contributed by atoms with Gasteiger partial charge in [-0.25, -0.2) is 4.39 Å². The fourth-order valence-corrected chi connectivity index (χ4v) is 3.69. The highest BCUT2D eigenvalue weighted by atomic mass is 35.5. The smallest absolute Gasteiger partial charge is 0.293 e. The second-order valence-corrected chi connectivity index (χ2v) is 7.79. The van der Waals surface area contributed by atoms with E-state index in [-0.39, 0.29) is 23.6 Å². The number of benzene rings is 2. The van der Waals surface area contributed by atoms with E-state index in [1.165, 1.54) is 24.3 Å². The fraction of sp³-hybridized carbons (Fsp3) is 0.190. The van der Waals surface area contributed by atoms with Crippen molar-refractivity contribution in [2.24, 2.45) is 0 Å². The Morgan fingerprint density at radius 2 is 2.03 bits per heavy atom. The minimum atomic E-state index is -0.792. The highest BCUT2D eigenvalue weighted by Gasteiger charge is 2.34. The molecular weight excluding hydrogens is 431 g/mol. The van der Waals surface area contributed by atoms with Crippen LogP contribution in [0.3, 0.4) is 0 Å². The van der Waals surface area contributed by atoms with Crippen LogP contribution < -0.4 is 10.1 Å². The molecule has 1 fully saturated rings. The van der Waals surface area contributed by atoms with Gasteiger partial charge in [0, 0.05) is 23.7 Å². The predicted octanol–water partition coefficient (Wildman–Crippen LogP) is 4.10. The Balaban J connectivity index is 1.53. The molecule has 3 rings (SSSR count). The molecule has 1 aliphatic rings. The van der Waals surface area contributed by atoms with Crippen LogP contribution in [0, 0.1) is 5.82 Å². The van der Waals surface area contributed by atoms with Gasteiger partial charge in [-0.3, -0.25) is 19.3 Å². The van der Waals surface area contributed by atoms with Gasteiger partial charge in [0.1, 0.15) is 11.6 Å². The van der Waals surface area contributed by atoms with Gasteiger partial charge in [-0.1, -0.05) is 35.9 Å². The number of nitrogens with zero attached hydrogens (tertiary/aromatic N) is 1. The summed E-state index contributed by atoms with van der Waals surface area (Å²) in [5, 5.41) is 2.64. The summed E-state index contributed by atoms with van der Waals surface area (Å²) in [5.74, 6) is -0.950. The Morgan fingerprint density at radius 1 is 1.27 bits per heavy atom. The van der Waals surface area contributed by atoms with Crippen molar-refractivity contribution in [1.82, 2.24) is 10.2 Å². The number of nitrogens with one attached hydrogen (secondary N) is 1. The topological polar surface area (TPSA) is 75.7 Å². The number of imide groups is 1. The molecule has 156 valence electrons. The van der Waals surface area contributed by atoms with E-state index in [1.54, 1.807) is 37.3 Å². The number of hydrogen-bond donors (Lipinski definition) is 1. The maximum Gasteiger partial charge on any atom is 0.293 e. The first-order valence-corrected chi connectivity index (χ1v) is 10.2. The molecule has 0 saturated carbocycles. The van der Waals surface area contributed by atoms with Crippen molar-refractivity contribution in [3.8, 4) is 5.75 Å². The third kappa shape index (κ3) is 5.40. The number of amides is 3. The number of carbonyl (C=O) groups excluding carboxylic acids is 3. The van der Waals surface area contributed by atoms with E-state index >= 15 is 0 Å². The zero-order chi connectivity index (χ0) is 21.7. The third-order valence-corrected chi connectivity index (χ3v) is 5.32. The predicted molar refractivity (Wildman–Crippen MR) is 114 cm³/mol. The maximum absolute atomic E-state index is 13.8. The SMILES string of the molecule is CC(Oc1cccc(Cl)c1)C(=O)NCCN1C(=O)SC(=Cc2ccccc2F)C1=O. The Labute approximate surface area is 182 Å². The molecule has 30 heavy (non-hydrogen) atoms. The van der Waals surface area contributed by atoms with E-state index in [0.29, 0.717) is 10.8 Å².